The lowest BCUT2D eigenvalue weighted by molar-refractivity contribution is 0.0932. The number of carbonyl (C=O) groups excluding carboxylic acids is 2. The molecule has 1 saturated heterocycles. The van der Waals surface area contributed by atoms with Gasteiger partial charge in [0.25, 0.3) is 11.8 Å². The van der Waals surface area contributed by atoms with Crippen LogP contribution >= 0.6 is 0 Å². The van der Waals surface area contributed by atoms with Gasteiger partial charge in [0.2, 0.25) is 0 Å². The highest BCUT2D eigenvalue weighted by Gasteiger charge is 2.39. The van der Waals surface area contributed by atoms with Crippen molar-refractivity contribution in [2.75, 3.05) is 18.0 Å². The molecule has 2 aliphatic heterocycles. The molecule has 3 heterocycles. The smallest absolute Gasteiger partial charge is 0.258 e. The first-order valence-corrected chi connectivity index (χ1v) is 11.4. The molecule has 0 bridgehead atoms. The van der Waals surface area contributed by atoms with E-state index in [0.717, 1.165) is 30.6 Å². The van der Waals surface area contributed by atoms with Crippen LogP contribution in [-0.2, 0) is 6.54 Å². The molecule has 3 aromatic rings. The van der Waals surface area contributed by atoms with Gasteiger partial charge in [-0.15, -0.1) is 0 Å². The first-order chi connectivity index (χ1) is 16.0. The molecule has 33 heavy (non-hydrogen) atoms. The van der Waals surface area contributed by atoms with Crippen molar-refractivity contribution in [3.63, 3.8) is 0 Å². The molecular formula is C26H28N4O3. The fraction of sp³-hybridized carbons (Fsp3) is 0.346. The molecule has 0 radical (unpaired) electrons. The number of para-hydroxylation sites is 1. The predicted octanol–water partition coefficient (Wildman–Crippen LogP) is 3.71. The van der Waals surface area contributed by atoms with Gasteiger partial charge in [-0.25, -0.2) is 0 Å². The number of aromatic nitrogens is 1. The van der Waals surface area contributed by atoms with Crippen molar-refractivity contribution in [2.24, 2.45) is 0 Å². The summed E-state index contributed by atoms with van der Waals surface area (Å²) in [6.45, 7) is 5.48. The maximum absolute atomic E-state index is 13.4. The lowest BCUT2D eigenvalue weighted by Gasteiger charge is -2.29. The second-order valence-electron chi connectivity index (χ2n) is 8.88. The molecule has 1 aromatic heterocycles. The van der Waals surface area contributed by atoms with E-state index in [-0.39, 0.29) is 23.9 Å². The van der Waals surface area contributed by atoms with Crippen molar-refractivity contribution in [2.45, 2.75) is 45.3 Å². The molecular weight excluding hydrogens is 416 g/mol. The van der Waals surface area contributed by atoms with Crippen molar-refractivity contribution >= 4 is 17.5 Å². The van der Waals surface area contributed by atoms with E-state index in [2.05, 4.69) is 21.4 Å². The zero-order valence-corrected chi connectivity index (χ0v) is 19.0. The quantitative estimate of drug-likeness (QED) is 0.664. The Balaban J connectivity index is 1.36. The van der Waals surface area contributed by atoms with Crippen LogP contribution in [0.1, 0.15) is 50.6 Å². The van der Waals surface area contributed by atoms with Crippen LogP contribution in [0.15, 0.2) is 59.1 Å². The van der Waals surface area contributed by atoms with Gasteiger partial charge in [0, 0.05) is 43.0 Å². The molecule has 170 valence electrons. The first-order valence-electron chi connectivity index (χ1n) is 11.4. The second-order valence-corrected chi connectivity index (χ2v) is 8.88. The maximum atomic E-state index is 13.4. The summed E-state index contributed by atoms with van der Waals surface area (Å²) in [6.07, 6.45) is 1.96. The number of nitrogens with one attached hydrogen (secondary N) is 1. The highest BCUT2D eigenvalue weighted by molar-refractivity contribution is 6.06. The third-order valence-corrected chi connectivity index (χ3v) is 6.82. The molecule has 0 spiro atoms. The van der Waals surface area contributed by atoms with Gasteiger partial charge in [0.15, 0.2) is 0 Å². The third-order valence-electron chi connectivity index (χ3n) is 6.82. The molecule has 0 saturated carbocycles. The summed E-state index contributed by atoms with van der Waals surface area (Å²) in [4.78, 5) is 30.6. The number of carbonyl (C=O) groups is 2. The average Bonchev–Trinajstić information content (AvgIpc) is 3.32. The Morgan fingerprint density at radius 3 is 2.58 bits per heavy atom. The summed E-state index contributed by atoms with van der Waals surface area (Å²) in [5.74, 6) is 0.416. The van der Waals surface area contributed by atoms with E-state index in [1.165, 1.54) is 0 Å². The number of benzene rings is 2. The fourth-order valence-corrected chi connectivity index (χ4v) is 5.14. The first kappa shape index (κ1) is 21.4. The highest BCUT2D eigenvalue weighted by Crippen LogP contribution is 2.35. The summed E-state index contributed by atoms with van der Waals surface area (Å²) < 4.78 is 5.14. The van der Waals surface area contributed by atoms with Gasteiger partial charge in [-0.2, -0.15) is 0 Å². The van der Waals surface area contributed by atoms with Gasteiger partial charge in [-0.1, -0.05) is 41.6 Å². The zero-order valence-electron chi connectivity index (χ0n) is 19.0. The van der Waals surface area contributed by atoms with E-state index in [1.807, 2.05) is 53.4 Å². The Hall–Kier alpha value is -3.45. The van der Waals surface area contributed by atoms with Crippen LogP contribution in [0.5, 0.6) is 0 Å². The number of hydrogen-bond acceptors (Lipinski definition) is 5. The molecule has 0 unspecified atom stereocenters. The Morgan fingerprint density at radius 1 is 1.06 bits per heavy atom. The van der Waals surface area contributed by atoms with E-state index in [9.17, 15) is 9.59 Å². The minimum absolute atomic E-state index is 0.0278. The van der Waals surface area contributed by atoms with Gasteiger partial charge in [-0.3, -0.25) is 14.5 Å². The lowest BCUT2D eigenvalue weighted by atomic mass is 10.1. The SMILES string of the molecule is Cc1noc(C)c1C(=O)NC[C@H]1CC[C@H]2CN(C(=O)c3ccccc3)c3ccccc3CN12. The van der Waals surface area contributed by atoms with Crippen molar-refractivity contribution in [3.8, 4) is 0 Å². The van der Waals surface area contributed by atoms with Gasteiger partial charge in [0.1, 0.15) is 11.3 Å². The van der Waals surface area contributed by atoms with Crippen molar-refractivity contribution in [1.82, 2.24) is 15.4 Å². The minimum Gasteiger partial charge on any atom is -0.361 e. The summed E-state index contributed by atoms with van der Waals surface area (Å²) in [6, 6.07) is 18.1. The molecule has 5 rings (SSSR count). The number of aryl methyl sites for hydroxylation is 2. The number of rotatable bonds is 4. The van der Waals surface area contributed by atoms with Crippen molar-refractivity contribution in [3.05, 3.63) is 82.7 Å². The molecule has 1 N–H and O–H groups in total. The topological polar surface area (TPSA) is 78.7 Å². The van der Waals surface area contributed by atoms with Crippen LogP contribution in [0.4, 0.5) is 5.69 Å². The molecule has 2 aliphatic rings. The summed E-state index contributed by atoms with van der Waals surface area (Å²) in [5, 5.41) is 6.97. The Kier molecular flexibility index (Phi) is 5.72. The molecule has 0 aliphatic carbocycles. The molecule has 1 fully saturated rings. The van der Waals surface area contributed by atoms with E-state index >= 15 is 0 Å². The van der Waals surface area contributed by atoms with Crippen molar-refractivity contribution < 1.29 is 14.1 Å². The van der Waals surface area contributed by atoms with E-state index < -0.39 is 0 Å². The number of anilines is 1. The third kappa shape index (κ3) is 4.04. The monoisotopic (exact) mass is 444 g/mol. The largest absolute Gasteiger partial charge is 0.361 e. The zero-order chi connectivity index (χ0) is 22.9. The molecule has 7 heteroatoms. The number of hydrogen-bond donors (Lipinski definition) is 1. The Morgan fingerprint density at radius 2 is 1.82 bits per heavy atom. The van der Waals surface area contributed by atoms with Crippen LogP contribution in [0, 0.1) is 13.8 Å². The minimum atomic E-state index is -0.147. The average molecular weight is 445 g/mol. The van der Waals surface area contributed by atoms with Gasteiger partial charge in [-0.05, 0) is 50.5 Å². The molecule has 2 amide bonds. The summed E-state index contributed by atoms with van der Waals surface area (Å²) >= 11 is 0. The van der Waals surface area contributed by atoms with Crippen LogP contribution in [-0.4, -0.2) is 47.0 Å². The fourth-order valence-electron chi connectivity index (χ4n) is 5.14. The maximum Gasteiger partial charge on any atom is 0.258 e. The number of amides is 2. The highest BCUT2D eigenvalue weighted by atomic mass is 16.5. The van der Waals surface area contributed by atoms with E-state index in [1.54, 1.807) is 13.8 Å². The van der Waals surface area contributed by atoms with Crippen LogP contribution in [0.3, 0.4) is 0 Å². The summed E-state index contributed by atoms with van der Waals surface area (Å²) in [5.41, 5.74) is 3.92. The van der Waals surface area contributed by atoms with Gasteiger partial charge >= 0.3 is 0 Å². The standard InChI is InChI=1S/C26H28N4O3/c1-17-24(18(2)33-28-17)25(31)27-14-21-12-13-22-16-30(26(32)19-8-4-3-5-9-19)23-11-7-6-10-20(23)15-29(21)22/h3-11,21-22H,12-16H2,1-2H3,(H,27,31)/t21-,22+/m1/s1. The Labute approximate surface area is 193 Å². The number of nitrogens with zero attached hydrogens (tertiary/aromatic N) is 3. The van der Waals surface area contributed by atoms with E-state index in [4.69, 9.17) is 4.52 Å². The van der Waals surface area contributed by atoms with Gasteiger partial charge < -0.3 is 14.7 Å². The molecule has 7 nitrogen and oxygen atoms in total. The Bertz CT molecular complexity index is 1150. The summed E-state index contributed by atoms with van der Waals surface area (Å²) in [7, 11) is 0. The predicted molar refractivity (Wildman–Crippen MR) is 125 cm³/mol. The van der Waals surface area contributed by atoms with Crippen LogP contribution < -0.4 is 10.2 Å². The van der Waals surface area contributed by atoms with Crippen LogP contribution in [0.2, 0.25) is 0 Å². The van der Waals surface area contributed by atoms with E-state index in [0.29, 0.717) is 35.7 Å². The van der Waals surface area contributed by atoms with Crippen molar-refractivity contribution in [1.29, 1.82) is 0 Å². The molecule has 2 aromatic carbocycles. The number of fused-ring (bicyclic) bond motifs is 2. The molecule has 2 atom stereocenters. The lowest BCUT2D eigenvalue weighted by Crippen LogP contribution is -2.46. The van der Waals surface area contributed by atoms with Crippen LogP contribution in [0.25, 0.3) is 0 Å². The second kappa shape index (κ2) is 8.83. The van der Waals surface area contributed by atoms with Gasteiger partial charge in [0.05, 0.1) is 5.69 Å². The normalized spacial score (nSPS) is 20.1.